The molecule has 0 unspecified atom stereocenters. The van der Waals surface area contributed by atoms with E-state index in [4.69, 9.17) is 10.7 Å². The lowest BCUT2D eigenvalue weighted by Crippen LogP contribution is -1.81. The molecule has 5 heteroatoms. The molecule has 1 aliphatic rings. The van der Waals surface area contributed by atoms with E-state index in [9.17, 15) is 0 Å². The van der Waals surface area contributed by atoms with Crippen LogP contribution >= 0.6 is 0 Å². The molecule has 0 N–H and O–H groups in total. The molecule has 0 fully saturated rings. The lowest BCUT2D eigenvalue weighted by atomic mass is 10.7. The summed E-state index contributed by atoms with van der Waals surface area (Å²) in [5.74, 6) is -0.566. The standard InChI is InChI=1S/C3N5/c4-1-2-6-3(5)8-7-2/q-1. The van der Waals surface area contributed by atoms with E-state index in [1.165, 1.54) is 0 Å². The second-order valence-electron chi connectivity index (χ2n) is 1.05. The molecule has 0 radical (unpaired) electrons. The average molecular weight is 106 g/mol. The first-order chi connectivity index (χ1) is 3.83. The van der Waals surface area contributed by atoms with Crippen molar-refractivity contribution >= 4 is 11.8 Å². The molecule has 0 aromatic rings. The van der Waals surface area contributed by atoms with Gasteiger partial charge < -0.3 is 10.4 Å². The minimum Gasteiger partial charge on any atom is -0.344 e. The quantitative estimate of drug-likeness (QED) is 0.437. The van der Waals surface area contributed by atoms with Crippen molar-refractivity contribution in [2.24, 2.45) is 15.2 Å². The fourth-order valence-corrected chi connectivity index (χ4v) is 0.279. The largest absolute Gasteiger partial charge is 0.344 e. The molecule has 38 valence electrons. The third-order valence-electron chi connectivity index (χ3n) is 0.540. The van der Waals surface area contributed by atoms with Gasteiger partial charge in [0.1, 0.15) is 6.07 Å². The van der Waals surface area contributed by atoms with E-state index in [1.54, 1.807) is 6.07 Å². The fraction of sp³-hybridized carbons (Fsp3) is 0. The summed E-state index contributed by atoms with van der Waals surface area (Å²) < 4.78 is 0. The summed E-state index contributed by atoms with van der Waals surface area (Å²) in [5, 5.41) is 22.6. The number of rotatable bonds is 0. The van der Waals surface area contributed by atoms with Gasteiger partial charge in [0, 0.05) is 0 Å². The van der Waals surface area contributed by atoms with Crippen LogP contribution in [0.2, 0.25) is 0 Å². The molecule has 0 atom stereocenters. The zero-order valence-corrected chi connectivity index (χ0v) is 3.74. The van der Waals surface area contributed by atoms with Crippen LogP contribution in [-0.4, -0.2) is 11.8 Å². The van der Waals surface area contributed by atoms with Gasteiger partial charge in [-0.15, -0.1) is 0 Å². The number of guanidine groups is 1. The van der Waals surface area contributed by atoms with Crippen LogP contribution in [0.1, 0.15) is 0 Å². The smallest absolute Gasteiger partial charge is 0.170 e. The van der Waals surface area contributed by atoms with Crippen molar-refractivity contribution < 1.29 is 0 Å². The Kier molecular flexibility index (Phi) is 0.860. The predicted octanol–water partition coefficient (Wildman–Crippen LogP) is 0.300. The summed E-state index contributed by atoms with van der Waals surface area (Å²) in [6.45, 7) is 0. The maximum Gasteiger partial charge on any atom is 0.170 e. The summed E-state index contributed by atoms with van der Waals surface area (Å²) in [6, 6.07) is 1.60. The SMILES string of the molecule is N#CC1=NC(=[N-])N=N1. The molecule has 0 aliphatic carbocycles. The van der Waals surface area contributed by atoms with E-state index < -0.39 is 5.96 Å². The van der Waals surface area contributed by atoms with Crippen molar-refractivity contribution in [3.05, 3.63) is 5.41 Å². The Labute approximate surface area is 44.9 Å². The lowest BCUT2D eigenvalue weighted by molar-refractivity contribution is 1.40. The van der Waals surface area contributed by atoms with Crippen molar-refractivity contribution in [1.82, 2.24) is 0 Å². The van der Waals surface area contributed by atoms with Crippen LogP contribution in [0.3, 0.4) is 0 Å². The minimum absolute atomic E-state index is 0.109. The Hall–Kier alpha value is -1.57. The first-order valence-electron chi connectivity index (χ1n) is 1.79. The summed E-state index contributed by atoms with van der Waals surface area (Å²) in [4.78, 5) is 3.20. The molecule has 0 bridgehead atoms. The molecule has 5 nitrogen and oxygen atoms in total. The van der Waals surface area contributed by atoms with E-state index in [0.29, 0.717) is 0 Å². The van der Waals surface area contributed by atoms with Crippen molar-refractivity contribution in [3.8, 4) is 6.07 Å². The van der Waals surface area contributed by atoms with Gasteiger partial charge in [0.25, 0.3) is 0 Å². The summed E-state index contributed by atoms with van der Waals surface area (Å²) in [5.41, 5.74) is 0. The predicted molar refractivity (Wildman–Crippen MR) is 26.3 cm³/mol. The molecule has 0 aromatic heterocycles. The number of nitriles is 1. The molecule has 1 aliphatic heterocycles. The van der Waals surface area contributed by atoms with Gasteiger partial charge >= 0.3 is 0 Å². The third kappa shape index (κ3) is 0.586. The monoisotopic (exact) mass is 106 g/mol. The number of azo groups is 1. The first-order valence-corrected chi connectivity index (χ1v) is 1.79. The minimum atomic E-state index is -0.457. The Morgan fingerprint density at radius 1 is 1.50 bits per heavy atom. The molecule has 1 heterocycles. The molecule has 0 aromatic carbocycles. The number of hydrogen-bond acceptors (Lipinski definition) is 2. The highest BCUT2D eigenvalue weighted by molar-refractivity contribution is 6.09. The van der Waals surface area contributed by atoms with E-state index in [0.717, 1.165) is 0 Å². The van der Waals surface area contributed by atoms with Crippen molar-refractivity contribution in [2.45, 2.75) is 0 Å². The molecule has 0 saturated carbocycles. The van der Waals surface area contributed by atoms with Crippen LogP contribution in [0.5, 0.6) is 0 Å². The van der Waals surface area contributed by atoms with Crippen molar-refractivity contribution in [3.63, 3.8) is 0 Å². The summed E-state index contributed by atoms with van der Waals surface area (Å²) >= 11 is 0. The van der Waals surface area contributed by atoms with Gasteiger partial charge in [0.05, 0.1) is 5.96 Å². The van der Waals surface area contributed by atoms with Crippen LogP contribution in [0.15, 0.2) is 15.2 Å². The van der Waals surface area contributed by atoms with E-state index in [-0.39, 0.29) is 5.84 Å². The zero-order chi connectivity index (χ0) is 5.98. The highest BCUT2D eigenvalue weighted by Crippen LogP contribution is 1.94. The van der Waals surface area contributed by atoms with Crippen LogP contribution in [0.4, 0.5) is 0 Å². The first kappa shape index (κ1) is 4.59. The van der Waals surface area contributed by atoms with Gasteiger partial charge in [-0.05, 0) is 0 Å². The van der Waals surface area contributed by atoms with E-state index in [2.05, 4.69) is 15.2 Å². The van der Waals surface area contributed by atoms with Gasteiger partial charge in [-0.3, -0.25) is 5.11 Å². The highest BCUT2D eigenvalue weighted by Gasteiger charge is 1.91. The Morgan fingerprint density at radius 2 is 2.25 bits per heavy atom. The van der Waals surface area contributed by atoms with Gasteiger partial charge in [-0.25, -0.2) is 5.11 Å². The van der Waals surface area contributed by atoms with Gasteiger partial charge in [-0.1, -0.05) is 0 Å². The fourth-order valence-electron chi connectivity index (χ4n) is 0.279. The van der Waals surface area contributed by atoms with Crippen LogP contribution in [-0.2, 0) is 0 Å². The second-order valence-corrected chi connectivity index (χ2v) is 1.05. The number of amidine groups is 1. The van der Waals surface area contributed by atoms with Gasteiger partial charge in [0.15, 0.2) is 5.84 Å². The van der Waals surface area contributed by atoms with Crippen LogP contribution in [0.25, 0.3) is 5.41 Å². The summed E-state index contributed by atoms with van der Waals surface area (Å²) in [7, 11) is 0. The molecule has 0 amide bonds. The van der Waals surface area contributed by atoms with Crippen molar-refractivity contribution in [2.75, 3.05) is 0 Å². The Morgan fingerprint density at radius 3 is 2.50 bits per heavy atom. The normalized spacial score (nSPS) is 15.9. The Balaban J connectivity index is 2.92. The van der Waals surface area contributed by atoms with E-state index in [1.807, 2.05) is 0 Å². The molecule has 8 heavy (non-hydrogen) atoms. The van der Waals surface area contributed by atoms with Gasteiger partial charge in [-0.2, -0.15) is 5.26 Å². The van der Waals surface area contributed by atoms with Crippen LogP contribution < -0.4 is 0 Å². The molecule has 1 rings (SSSR count). The third-order valence-corrected chi connectivity index (χ3v) is 0.540. The zero-order valence-electron chi connectivity index (χ0n) is 3.74. The maximum atomic E-state index is 8.35. The molecular formula is C3N5-. The topological polar surface area (TPSA) is 83.2 Å². The average Bonchev–Trinajstić information content (AvgIpc) is 2.14. The lowest BCUT2D eigenvalue weighted by Gasteiger charge is -1.82. The van der Waals surface area contributed by atoms with E-state index >= 15 is 0 Å². The molecule has 0 spiro atoms. The van der Waals surface area contributed by atoms with Crippen molar-refractivity contribution in [1.29, 1.82) is 5.26 Å². The molecule has 0 saturated heterocycles. The number of aliphatic imine (C=N–C) groups is 1. The number of nitrogens with zero attached hydrogens (tertiary/aromatic N) is 5. The van der Waals surface area contributed by atoms with Crippen LogP contribution in [0, 0.1) is 11.3 Å². The number of hydrogen-bond donors (Lipinski definition) is 0. The maximum absolute atomic E-state index is 8.35. The van der Waals surface area contributed by atoms with Gasteiger partial charge in [0.2, 0.25) is 0 Å². The Bertz CT molecular complexity index is 216. The second kappa shape index (κ2) is 1.50. The summed E-state index contributed by atoms with van der Waals surface area (Å²) in [6.07, 6.45) is 0. The molecular weight excluding hydrogens is 106 g/mol. The highest BCUT2D eigenvalue weighted by atomic mass is 15.3.